The summed E-state index contributed by atoms with van der Waals surface area (Å²) in [6.45, 7) is 5.22. The van der Waals surface area contributed by atoms with Gasteiger partial charge >= 0.3 is 6.01 Å². The third-order valence-corrected chi connectivity index (χ3v) is 9.03. The highest BCUT2D eigenvalue weighted by Gasteiger charge is 2.36. The van der Waals surface area contributed by atoms with Crippen LogP contribution in [0.2, 0.25) is 0 Å². The topological polar surface area (TPSA) is 155 Å². The van der Waals surface area contributed by atoms with Crippen molar-refractivity contribution < 1.29 is 19.5 Å². The van der Waals surface area contributed by atoms with E-state index in [9.17, 15) is 14.7 Å². The van der Waals surface area contributed by atoms with Crippen LogP contribution in [0.3, 0.4) is 0 Å². The van der Waals surface area contributed by atoms with Gasteiger partial charge in [-0.3, -0.25) is 14.5 Å². The van der Waals surface area contributed by atoms with E-state index in [4.69, 9.17) is 4.84 Å². The van der Waals surface area contributed by atoms with Crippen LogP contribution in [0, 0.1) is 0 Å². The molecule has 45 heavy (non-hydrogen) atoms. The second-order valence-corrected chi connectivity index (χ2v) is 11.9. The number of nitrogens with one attached hydrogen (secondary N) is 1. The number of hydrogen-bond donors (Lipinski definition) is 2. The van der Waals surface area contributed by atoms with Crippen LogP contribution in [0.4, 0.5) is 5.82 Å². The molecule has 4 aromatic rings. The minimum atomic E-state index is -0.692. The first-order valence-electron chi connectivity index (χ1n) is 15.5. The largest absolute Gasteiger partial charge is 0.390 e. The molecule has 2 atom stereocenters. The molecular weight excluding hydrogens is 576 g/mol. The summed E-state index contributed by atoms with van der Waals surface area (Å²) in [6.07, 6.45) is 3.99. The van der Waals surface area contributed by atoms with Crippen LogP contribution < -0.4 is 10.2 Å². The second-order valence-electron chi connectivity index (χ2n) is 11.9. The standard InChI is InChI=1S/C31H36N10O4/c1-20(42)38-14-9-23(10-15-38)33-28-17-25(34-31(35-28)45-41-29-24(36-37-41)7-4-12-32-29)30(44)40-16-11-26(27(43)19-40)39-13-8-21-5-2-3-6-22(21)18-39/h2-7,12,17,23,26-27,43H,8-11,13-16,18-19H2,1H3,(H,33,34,35). The van der Waals surface area contributed by atoms with Crippen molar-refractivity contribution in [2.45, 2.75) is 57.3 Å². The van der Waals surface area contributed by atoms with Gasteiger partial charge in [-0.15, -0.1) is 5.10 Å². The van der Waals surface area contributed by atoms with Gasteiger partial charge in [0.25, 0.3) is 5.91 Å². The lowest BCUT2D eigenvalue weighted by molar-refractivity contribution is -0.129. The quantitative estimate of drug-likeness (QED) is 0.326. The molecule has 0 spiro atoms. The molecule has 3 aromatic heterocycles. The molecule has 7 rings (SSSR count). The first-order valence-corrected chi connectivity index (χ1v) is 15.5. The number of benzene rings is 1. The van der Waals surface area contributed by atoms with E-state index in [0.717, 1.165) is 37.2 Å². The van der Waals surface area contributed by atoms with Crippen molar-refractivity contribution in [3.63, 3.8) is 0 Å². The van der Waals surface area contributed by atoms with Gasteiger partial charge in [0.2, 0.25) is 11.6 Å². The Bertz CT molecular complexity index is 1700. The predicted octanol–water partition coefficient (Wildman–Crippen LogP) is 1.51. The Kier molecular flexibility index (Phi) is 7.98. The SMILES string of the molecule is CC(=O)N1CCC(Nc2cc(C(=O)N3CCC(N4CCc5ccccc5C4)C(O)C3)nc(On3nnc4cccnc43)n2)CC1. The van der Waals surface area contributed by atoms with Crippen LogP contribution in [0.25, 0.3) is 11.2 Å². The fourth-order valence-electron chi connectivity index (χ4n) is 6.57. The van der Waals surface area contributed by atoms with Gasteiger partial charge < -0.3 is 25.1 Å². The van der Waals surface area contributed by atoms with E-state index in [-0.39, 0.29) is 42.1 Å². The number of β-amino-alcohol motifs (C(OH)–C–C–N with tert-alkyl or cyclic N) is 1. The van der Waals surface area contributed by atoms with Gasteiger partial charge in [0.1, 0.15) is 17.0 Å². The molecule has 2 unspecified atom stereocenters. The number of anilines is 1. The lowest BCUT2D eigenvalue weighted by Crippen LogP contribution is -2.56. The number of pyridine rings is 1. The van der Waals surface area contributed by atoms with Gasteiger partial charge in [-0.2, -0.15) is 9.97 Å². The molecule has 0 radical (unpaired) electrons. The highest BCUT2D eigenvalue weighted by molar-refractivity contribution is 5.93. The fraction of sp³-hybridized carbons (Fsp3) is 0.452. The van der Waals surface area contributed by atoms with E-state index in [0.29, 0.717) is 43.0 Å². The van der Waals surface area contributed by atoms with Crippen LogP contribution >= 0.6 is 0 Å². The zero-order valence-electron chi connectivity index (χ0n) is 25.1. The van der Waals surface area contributed by atoms with Crippen molar-refractivity contribution in [2.75, 3.05) is 38.0 Å². The Balaban J connectivity index is 1.09. The average Bonchev–Trinajstić information content (AvgIpc) is 3.46. The van der Waals surface area contributed by atoms with E-state index in [1.807, 2.05) is 4.90 Å². The normalized spacial score (nSPS) is 21.0. The molecule has 0 saturated carbocycles. The number of carbonyl (C=O) groups is 2. The number of aromatic nitrogens is 6. The number of fused-ring (bicyclic) bond motifs is 2. The number of carbonyl (C=O) groups excluding carboxylic acids is 2. The number of nitrogens with zero attached hydrogens (tertiary/aromatic N) is 9. The van der Waals surface area contributed by atoms with Gasteiger partial charge in [-0.25, -0.2) is 4.98 Å². The van der Waals surface area contributed by atoms with Crippen LogP contribution in [-0.2, 0) is 17.8 Å². The summed E-state index contributed by atoms with van der Waals surface area (Å²) in [7, 11) is 0. The van der Waals surface area contributed by atoms with Crippen LogP contribution in [0.15, 0.2) is 48.7 Å². The highest BCUT2D eigenvalue weighted by Crippen LogP contribution is 2.27. The molecule has 14 nitrogen and oxygen atoms in total. The van der Waals surface area contributed by atoms with E-state index < -0.39 is 6.10 Å². The van der Waals surface area contributed by atoms with E-state index >= 15 is 0 Å². The summed E-state index contributed by atoms with van der Waals surface area (Å²) < 4.78 is 0. The Morgan fingerprint density at radius 2 is 1.78 bits per heavy atom. The van der Waals surface area contributed by atoms with Crippen LogP contribution in [0.1, 0.15) is 47.8 Å². The van der Waals surface area contributed by atoms with E-state index in [1.54, 1.807) is 36.2 Å². The molecule has 3 aliphatic heterocycles. The smallest absolute Gasteiger partial charge is 0.348 e. The third kappa shape index (κ3) is 6.15. The molecular formula is C31H36N10O4. The number of hydrogen-bond acceptors (Lipinski definition) is 11. The fourth-order valence-corrected chi connectivity index (χ4v) is 6.57. The van der Waals surface area contributed by atoms with Crippen molar-refractivity contribution in [3.05, 3.63) is 65.5 Å². The molecule has 1 aromatic carbocycles. The zero-order valence-corrected chi connectivity index (χ0v) is 25.1. The summed E-state index contributed by atoms with van der Waals surface area (Å²) in [4.78, 5) is 51.7. The number of aliphatic hydroxyl groups is 1. The van der Waals surface area contributed by atoms with E-state index in [1.165, 1.54) is 11.1 Å². The van der Waals surface area contributed by atoms with Gasteiger partial charge in [0, 0.05) is 70.5 Å². The van der Waals surface area contributed by atoms with E-state index in [2.05, 4.69) is 59.7 Å². The maximum atomic E-state index is 13.9. The van der Waals surface area contributed by atoms with Crippen LogP contribution in [-0.4, -0.2) is 113 Å². The molecule has 0 bridgehead atoms. The number of aliphatic hydroxyl groups excluding tert-OH is 1. The Hall–Kier alpha value is -4.69. The van der Waals surface area contributed by atoms with Crippen molar-refractivity contribution in [1.29, 1.82) is 0 Å². The summed E-state index contributed by atoms with van der Waals surface area (Å²) >= 11 is 0. The second kappa shape index (κ2) is 12.4. The minimum absolute atomic E-state index is 0.0297. The maximum absolute atomic E-state index is 13.9. The summed E-state index contributed by atoms with van der Waals surface area (Å²) in [6, 6.07) is 13.5. The van der Waals surface area contributed by atoms with Crippen molar-refractivity contribution in [1.82, 2.24) is 44.8 Å². The monoisotopic (exact) mass is 612 g/mol. The molecule has 3 aliphatic rings. The number of rotatable bonds is 6. The van der Waals surface area contributed by atoms with Crippen molar-refractivity contribution in [2.24, 2.45) is 0 Å². The minimum Gasteiger partial charge on any atom is -0.390 e. The molecule has 6 heterocycles. The first-order chi connectivity index (χ1) is 21.9. The van der Waals surface area contributed by atoms with Gasteiger partial charge in [-0.05, 0) is 59.0 Å². The molecule has 2 saturated heterocycles. The summed E-state index contributed by atoms with van der Waals surface area (Å²) in [5.74, 6) is 0.160. The highest BCUT2D eigenvalue weighted by atomic mass is 16.7. The van der Waals surface area contributed by atoms with Crippen molar-refractivity contribution in [3.8, 4) is 6.01 Å². The van der Waals surface area contributed by atoms with Gasteiger partial charge in [-0.1, -0.05) is 24.3 Å². The molecule has 2 N–H and O–H groups in total. The molecule has 2 amide bonds. The Labute approximate surface area is 260 Å². The Morgan fingerprint density at radius 3 is 2.58 bits per heavy atom. The van der Waals surface area contributed by atoms with Crippen LogP contribution in [0.5, 0.6) is 6.01 Å². The molecule has 234 valence electrons. The van der Waals surface area contributed by atoms with Gasteiger partial charge in [0.05, 0.1) is 6.10 Å². The predicted molar refractivity (Wildman–Crippen MR) is 163 cm³/mol. The average molecular weight is 613 g/mol. The number of likely N-dealkylation sites (tertiary alicyclic amines) is 2. The first kappa shape index (κ1) is 29.0. The number of amides is 2. The van der Waals surface area contributed by atoms with Gasteiger partial charge in [0.15, 0.2) is 0 Å². The lowest BCUT2D eigenvalue weighted by atomic mass is 9.94. The summed E-state index contributed by atoms with van der Waals surface area (Å²) in [5.41, 5.74) is 3.72. The summed E-state index contributed by atoms with van der Waals surface area (Å²) in [5, 5.41) is 22.7. The number of piperidine rings is 2. The van der Waals surface area contributed by atoms with Crippen molar-refractivity contribution >= 4 is 28.8 Å². The molecule has 14 heteroatoms. The third-order valence-electron chi connectivity index (χ3n) is 9.03. The lowest BCUT2D eigenvalue weighted by Gasteiger charge is -2.43. The zero-order chi connectivity index (χ0) is 30.9. The molecule has 2 fully saturated rings. The Morgan fingerprint density at radius 1 is 0.978 bits per heavy atom. The molecule has 0 aliphatic carbocycles. The maximum Gasteiger partial charge on any atom is 0.348 e.